The third kappa shape index (κ3) is 38.7. The fourth-order valence-electron chi connectivity index (χ4n) is 5.26. The van der Waals surface area contributed by atoms with Crippen molar-refractivity contribution in [1.82, 2.24) is 21.3 Å². The van der Waals surface area contributed by atoms with E-state index in [0.717, 1.165) is 57.8 Å². The van der Waals surface area contributed by atoms with E-state index in [-0.39, 0.29) is 50.4 Å². The lowest BCUT2D eigenvalue weighted by Crippen LogP contribution is -2.42. The Kier molecular flexibility index (Phi) is 36.8. The molecule has 0 bridgehead atoms. The summed E-state index contributed by atoms with van der Waals surface area (Å²) >= 11 is 0. The molecule has 0 spiro atoms. The molecule has 0 saturated carbocycles. The molecule has 0 radical (unpaired) electrons. The molecule has 0 aromatic carbocycles. The normalized spacial score (nSPS) is 11.6. The summed E-state index contributed by atoms with van der Waals surface area (Å²) in [5.74, 6) is -2.39. The lowest BCUT2D eigenvalue weighted by atomic mass is 10.0. The molecule has 3 amide bonds. The fraction of sp³-hybridized carbons (Fsp3) is 0.868. The van der Waals surface area contributed by atoms with Gasteiger partial charge in [0.15, 0.2) is 0 Å². The topological polar surface area (TPSA) is 211 Å². The van der Waals surface area contributed by atoms with Crippen LogP contribution in [0, 0.1) is 0 Å². The van der Waals surface area contributed by atoms with Gasteiger partial charge in [-0.05, 0) is 32.2 Å². The highest BCUT2D eigenvalue weighted by Gasteiger charge is 2.19. The van der Waals surface area contributed by atoms with Crippen LogP contribution in [0.5, 0.6) is 0 Å². The summed E-state index contributed by atoms with van der Waals surface area (Å²) in [6, 6.07) is -0.937. The largest absolute Gasteiger partial charge is 0.481 e. The fourth-order valence-corrected chi connectivity index (χ4v) is 5.26. The lowest BCUT2D eigenvalue weighted by Gasteiger charge is -2.15. The van der Waals surface area contributed by atoms with E-state index in [2.05, 4.69) is 28.2 Å². The Morgan fingerprint density at radius 2 is 0.943 bits per heavy atom. The van der Waals surface area contributed by atoms with Crippen LogP contribution in [-0.4, -0.2) is 125 Å². The highest BCUT2D eigenvalue weighted by atomic mass is 16.5. The number of rotatable bonds is 41. The molecule has 0 heterocycles. The summed E-state index contributed by atoms with van der Waals surface area (Å²) in [4.78, 5) is 57.7. The monoisotopic (exact) mass is 761 g/mol. The van der Waals surface area contributed by atoms with E-state index in [1.807, 2.05) is 0 Å². The Balaban J connectivity index is 3.55. The van der Waals surface area contributed by atoms with Gasteiger partial charge in [-0.3, -0.25) is 19.2 Å². The van der Waals surface area contributed by atoms with Crippen molar-refractivity contribution in [2.75, 3.05) is 79.0 Å². The van der Waals surface area contributed by atoms with Crippen molar-refractivity contribution in [2.24, 2.45) is 0 Å². The van der Waals surface area contributed by atoms with Crippen LogP contribution in [0.2, 0.25) is 0 Å². The number of hydrogen-bond donors (Lipinski definition) is 6. The van der Waals surface area contributed by atoms with Gasteiger partial charge < -0.3 is 50.4 Å². The number of aliphatic carboxylic acids is 2. The SMILES string of the molecule is CCCCNC(=O)COCCOCCNC(=O)COCCOCCNCCC(NC(=O)CCCCCCCCCCCCCCCCC(=O)O)C(=O)O. The molecule has 6 N–H and O–H groups in total. The molecule has 0 saturated heterocycles. The molecular weight excluding hydrogens is 688 g/mol. The minimum Gasteiger partial charge on any atom is -0.481 e. The summed E-state index contributed by atoms with van der Waals surface area (Å²) in [6.07, 6.45) is 18.3. The predicted molar refractivity (Wildman–Crippen MR) is 203 cm³/mol. The average Bonchev–Trinajstić information content (AvgIpc) is 3.12. The Morgan fingerprint density at radius 1 is 0.491 bits per heavy atom. The van der Waals surface area contributed by atoms with Gasteiger partial charge in [0.2, 0.25) is 17.7 Å². The minimum atomic E-state index is -1.05. The van der Waals surface area contributed by atoms with Crippen LogP contribution in [0.25, 0.3) is 0 Å². The number of carbonyl (C=O) groups excluding carboxylic acids is 3. The number of nitrogens with one attached hydrogen (secondary N) is 4. The van der Waals surface area contributed by atoms with Gasteiger partial charge in [0, 0.05) is 32.5 Å². The minimum absolute atomic E-state index is 0.00304. The van der Waals surface area contributed by atoms with E-state index in [1.165, 1.54) is 44.9 Å². The Labute approximate surface area is 317 Å². The molecule has 1 unspecified atom stereocenters. The molecule has 0 rings (SSSR count). The van der Waals surface area contributed by atoms with Gasteiger partial charge in [0.05, 0.1) is 39.6 Å². The molecular formula is C38H72N4O11. The predicted octanol–water partition coefficient (Wildman–Crippen LogP) is 3.96. The van der Waals surface area contributed by atoms with Gasteiger partial charge in [-0.25, -0.2) is 4.79 Å². The molecule has 0 aromatic heterocycles. The van der Waals surface area contributed by atoms with Crippen molar-refractivity contribution in [3.05, 3.63) is 0 Å². The van der Waals surface area contributed by atoms with Gasteiger partial charge >= 0.3 is 11.9 Å². The van der Waals surface area contributed by atoms with Crippen molar-refractivity contribution in [1.29, 1.82) is 0 Å². The zero-order valence-corrected chi connectivity index (χ0v) is 32.6. The van der Waals surface area contributed by atoms with Crippen LogP contribution in [0.4, 0.5) is 0 Å². The van der Waals surface area contributed by atoms with Gasteiger partial charge in [-0.1, -0.05) is 90.4 Å². The molecule has 15 nitrogen and oxygen atoms in total. The van der Waals surface area contributed by atoms with E-state index >= 15 is 0 Å². The molecule has 0 aliphatic rings. The first-order valence-electron chi connectivity index (χ1n) is 20.0. The van der Waals surface area contributed by atoms with Gasteiger partial charge in [0.25, 0.3) is 0 Å². The number of unbranched alkanes of at least 4 members (excludes halogenated alkanes) is 14. The van der Waals surface area contributed by atoms with Crippen LogP contribution in [0.1, 0.15) is 129 Å². The second kappa shape index (κ2) is 38.9. The second-order valence-electron chi connectivity index (χ2n) is 13.2. The molecule has 0 aromatic rings. The van der Waals surface area contributed by atoms with E-state index in [0.29, 0.717) is 65.6 Å². The van der Waals surface area contributed by atoms with E-state index in [9.17, 15) is 29.1 Å². The number of hydrogen-bond acceptors (Lipinski definition) is 10. The molecule has 53 heavy (non-hydrogen) atoms. The van der Waals surface area contributed by atoms with Gasteiger partial charge in [-0.15, -0.1) is 0 Å². The summed E-state index contributed by atoms with van der Waals surface area (Å²) < 4.78 is 21.4. The second-order valence-corrected chi connectivity index (χ2v) is 13.2. The lowest BCUT2D eigenvalue weighted by molar-refractivity contribution is -0.142. The maximum atomic E-state index is 12.3. The summed E-state index contributed by atoms with van der Waals surface area (Å²) in [5, 5.41) is 29.3. The zero-order chi connectivity index (χ0) is 39.0. The third-order valence-corrected chi connectivity index (χ3v) is 8.34. The van der Waals surface area contributed by atoms with Crippen molar-refractivity contribution in [3.63, 3.8) is 0 Å². The first-order chi connectivity index (χ1) is 25.8. The van der Waals surface area contributed by atoms with Crippen LogP contribution >= 0.6 is 0 Å². The Morgan fingerprint density at radius 3 is 1.43 bits per heavy atom. The van der Waals surface area contributed by atoms with Gasteiger partial charge in [-0.2, -0.15) is 0 Å². The van der Waals surface area contributed by atoms with Crippen LogP contribution < -0.4 is 21.3 Å². The van der Waals surface area contributed by atoms with Crippen LogP contribution in [0.3, 0.4) is 0 Å². The number of carbonyl (C=O) groups is 5. The standard InChI is InChI=1S/C38H72N4O11/c1-2-3-21-40-35(44)31-52-30-28-51-26-24-41-36(45)32-53-29-27-50-25-23-39-22-20-33(38(48)49)42-34(43)18-16-14-12-10-8-6-4-5-7-9-11-13-15-17-19-37(46)47/h33,39H,2-32H2,1H3,(H,40,44)(H,41,45)(H,42,43)(H,46,47)(H,48,49). The Bertz CT molecular complexity index is 927. The molecule has 1 atom stereocenters. The van der Waals surface area contributed by atoms with Gasteiger partial charge in [0.1, 0.15) is 19.3 Å². The number of amides is 3. The molecule has 15 heteroatoms. The van der Waals surface area contributed by atoms with Crippen LogP contribution in [0.15, 0.2) is 0 Å². The van der Waals surface area contributed by atoms with Crippen molar-refractivity contribution >= 4 is 29.7 Å². The van der Waals surface area contributed by atoms with Crippen molar-refractivity contribution in [2.45, 2.75) is 135 Å². The molecule has 0 fully saturated rings. The number of carboxylic acids is 2. The van der Waals surface area contributed by atoms with E-state index in [1.54, 1.807) is 0 Å². The van der Waals surface area contributed by atoms with E-state index < -0.39 is 18.0 Å². The maximum Gasteiger partial charge on any atom is 0.326 e. The highest BCUT2D eigenvalue weighted by Crippen LogP contribution is 2.14. The smallest absolute Gasteiger partial charge is 0.326 e. The third-order valence-electron chi connectivity index (χ3n) is 8.34. The quantitative estimate of drug-likeness (QED) is 0.0490. The number of ether oxygens (including phenoxy) is 4. The molecule has 0 aliphatic carbocycles. The number of carboxylic acid groups (broad SMARTS) is 2. The van der Waals surface area contributed by atoms with Crippen molar-refractivity contribution in [3.8, 4) is 0 Å². The summed E-state index contributed by atoms with van der Waals surface area (Å²) in [5.41, 5.74) is 0. The highest BCUT2D eigenvalue weighted by molar-refractivity contribution is 5.83. The zero-order valence-electron chi connectivity index (χ0n) is 32.6. The Hall–Kier alpha value is -2.85. The first kappa shape index (κ1) is 50.1. The van der Waals surface area contributed by atoms with E-state index in [4.69, 9.17) is 24.1 Å². The van der Waals surface area contributed by atoms with Crippen molar-refractivity contribution < 1.29 is 53.1 Å². The van der Waals surface area contributed by atoms with Crippen LogP contribution in [-0.2, 0) is 42.9 Å². The summed E-state index contributed by atoms with van der Waals surface area (Å²) in [7, 11) is 0. The molecule has 0 aliphatic heterocycles. The maximum absolute atomic E-state index is 12.3. The molecule has 310 valence electrons. The first-order valence-corrected chi connectivity index (χ1v) is 20.0. The summed E-state index contributed by atoms with van der Waals surface area (Å²) in [6.45, 7) is 5.76. The average molecular weight is 761 g/mol.